The summed E-state index contributed by atoms with van der Waals surface area (Å²) in [6, 6.07) is 11.6. The van der Waals surface area contributed by atoms with E-state index in [1.165, 1.54) is 18.2 Å². The molecule has 5 heteroatoms. The second-order valence-corrected chi connectivity index (χ2v) is 4.42. The van der Waals surface area contributed by atoms with Crippen LogP contribution in [0.25, 0.3) is 0 Å². The predicted octanol–water partition coefficient (Wildman–Crippen LogP) is 4.52. The average Bonchev–Trinajstić information content (AvgIpc) is 2.38. The predicted molar refractivity (Wildman–Crippen MR) is 70.6 cm³/mol. The van der Waals surface area contributed by atoms with Crippen LogP contribution in [0.5, 0.6) is 11.5 Å². The number of benzene rings is 2. The van der Waals surface area contributed by atoms with Crippen molar-refractivity contribution in [1.82, 2.24) is 0 Å². The van der Waals surface area contributed by atoms with Gasteiger partial charge >= 0.3 is 6.18 Å². The maximum atomic E-state index is 12.9. The van der Waals surface area contributed by atoms with Gasteiger partial charge in [0.15, 0.2) is 0 Å². The minimum absolute atomic E-state index is 0.229. The van der Waals surface area contributed by atoms with E-state index in [0.717, 1.165) is 6.07 Å². The molecule has 20 heavy (non-hydrogen) atoms. The van der Waals surface area contributed by atoms with Crippen molar-refractivity contribution >= 4 is 0 Å². The highest BCUT2D eigenvalue weighted by Gasteiger charge is 2.34. The molecule has 0 heterocycles. The average molecular weight is 281 g/mol. The van der Waals surface area contributed by atoms with Crippen molar-refractivity contribution in [3.05, 3.63) is 59.7 Å². The van der Waals surface area contributed by atoms with Crippen LogP contribution < -0.4 is 10.5 Å². The van der Waals surface area contributed by atoms with Gasteiger partial charge in [0.25, 0.3) is 0 Å². The van der Waals surface area contributed by atoms with Gasteiger partial charge in [-0.1, -0.05) is 30.3 Å². The maximum Gasteiger partial charge on any atom is 0.419 e. The smallest absolute Gasteiger partial charge is 0.419 e. The standard InChI is InChI=1S/C15H14F3NO/c1-10(19)11-6-2-4-8-13(11)20-14-9-5-3-7-12(14)15(16,17)18/h2-10H,19H2,1H3/t10-/m0/s1. The van der Waals surface area contributed by atoms with E-state index in [0.29, 0.717) is 11.3 Å². The van der Waals surface area contributed by atoms with Crippen molar-refractivity contribution in [1.29, 1.82) is 0 Å². The maximum absolute atomic E-state index is 12.9. The van der Waals surface area contributed by atoms with Crippen molar-refractivity contribution in [3.63, 3.8) is 0 Å². The summed E-state index contributed by atoms with van der Waals surface area (Å²) in [6.45, 7) is 1.75. The third kappa shape index (κ3) is 3.11. The Labute approximate surface area is 115 Å². The molecule has 0 saturated heterocycles. The van der Waals surface area contributed by atoms with Crippen LogP contribution in [0, 0.1) is 0 Å². The topological polar surface area (TPSA) is 35.2 Å². The number of ether oxygens (including phenoxy) is 1. The van der Waals surface area contributed by atoms with Gasteiger partial charge in [-0.3, -0.25) is 0 Å². The normalized spacial score (nSPS) is 13.1. The molecule has 0 aliphatic heterocycles. The Bertz CT molecular complexity index is 594. The van der Waals surface area contributed by atoms with Gasteiger partial charge in [0.05, 0.1) is 5.56 Å². The Morgan fingerprint density at radius 3 is 2.10 bits per heavy atom. The molecule has 0 radical (unpaired) electrons. The second kappa shape index (κ2) is 5.54. The van der Waals surface area contributed by atoms with E-state index in [2.05, 4.69) is 0 Å². The summed E-state index contributed by atoms with van der Waals surface area (Å²) in [7, 11) is 0. The Hall–Kier alpha value is -2.01. The SMILES string of the molecule is C[C@H](N)c1ccccc1Oc1ccccc1C(F)(F)F. The highest BCUT2D eigenvalue weighted by Crippen LogP contribution is 2.39. The summed E-state index contributed by atoms with van der Waals surface area (Å²) >= 11 is 0. The number of hydrogen-bond donors (Lipinski definition) is 1. The van der Waals surface area contributed by atoms with Gasteiger partial charge in [-0.2, -0.15) is 13.2 Å². The minimum Gasteiger partial charge on any atom is -0.456 e. The number of alkyl halides is 3. The molecular weight excluding hydrogens is 267 g/mol. The first kappa shape index (κ1) is 14.4. The van der Waals surface area contributed by atoms with Gasteiger partial charge in [0.1, 0.15) is 11.5 Å². The summed E-state index contributed by atoms with van der Waals surface area (Å²) in [5.74, 6) is 0.104. The zero-order valence-electron chi connectivity index (χ0n) is 10.8. The number of nitrogens with two attached hydrogens (primary N) is 1. The molecule has 2 aromatic rings. The molecule has 0 fully saturated rings. The Balaban J connectivity index is 2.41. The molecule has 2 rings (SSSR count). The van der Waals surface area contributed by atoms with Gasteiger partial charge in [0, 0.05) is 11.6 Å². The molecule has 0 bridgehead atoms. The van der Waals surface area contributed by atoms with Gasteiger partial charge in [0.2, 0.25) is 0 Å². The zero-order chi connectivity index (χ0) is 14.8. The van der Waals surface area contributed by atoms with Crippen molar-refractivity contribution in [2.45, 2.75) is 19.1 Å². The number of halogens is 3. The fourth-order valence-electron chi connectivity index (χ4n) is 1.86. The Morgan fingerprint density at radius 2 is 1.50 bits per heavy atom. The van der Waals surface area contributed by atoms with Gasteiger partial charge in [-0.15, -0.1) is 0 Å². The van der Waals surface area contributed by atoms with Crippen LogP contribution in [0.3, 0.4) is 0 Å². The largest absolute Gasteiger partial charge is 0.456 e. The fourth-order valence-corrected chi connectivity index (χ4v) is 1.86. The number of para-hydroxylation sites is 2. The molecule has 0 saturated carbocycles. The highest BCUT2D eigenvalue weighted by atomic mass is 19.4. The lowest BCUT2D eigenvalue weighted by Crippen LogP contribution is -2.09. The molecule has 0 aromatic heterocycles. The summed E-state index contributed by atoms with van der Waals surface area (Å²) < 4.78 is 44.1. The molecule has 0 spiro atoms. The van der Waals surface area contributed by atoms with E-state index in [-0.39, 0.29) is 11.8 Å². The summed E-state index contributed by atoms with van der Waals surface area (Å²) in [5.41, 5.74) is 5.64. The van der Waals surface area contributed by atoms with Crippen LogP contribution in [0.4, 0.5) is 13.2 Å². The first-order valence-electron chi connectivity index (χ1n) is 6.08. The van der Waals surface area contributed by atoms with Crippen molar-refractivity contribution in [3.8, 4) is 11.5 Å². The first-order chi connectivity index (χ1) is 9.39. The highest BCUT2D eigenvalue weighted by molar-refractivity contribution is 5.43. The van der Waals surface area contributed by atoms with Crippen molar-refractivity contribution < 1.29 is 17.9 Å². The zero-order valence-corrected chi connectivity index (χ0v) is 10.8. The molecule has 2 aromatic carbocycles. The quantitative estimate of drug-likeness (QED) is 0.897. The molecule has 0 amide bonds. The van der Waals surface area contributed by atoms with Crippen LogP contribution in [0.1, 0.15) is 24.1 Å². The molecular formula is C15H14F3NO. The summed E-state index contributed by atoms with van der Waals surface area (Å²) in [5, 5.41) is 0. The minimum atomic E-state index is -4.46. The lowest BCUT2D eigenvalue weighted by Gasteiger charge is -2.16. The molecule has 2 nitrogen and oxygen atoms in total. The molecule has 1 atom stereocenters. The van der Waals surface area contributed by atoms with Gasteiger partial charge in [-0.25, -0.2) is 0 Å². The van der Waals surface area contributed by atoms with E-state index in [9.17, 15) is 13.2 Å². The lowest BCUT2D eigenvalue weighted by molar-refractivity contribution is -0.138. The molecule has 0 aliphatic carbocycles. The van der Waals surface area contributed by atoms with Gasteiger partial charge in [-0.05, 0) is 25.1 Å². The van der Waals surface area contributed by atoms with E-state index >= 15 is 0 Å². The van der Waals surface area contributed by atoms with Crippen molar-refractivity contribution in [2.75, 3.05) is 0 Å². The van der Waals surface area contributed by atoms with Gasteiger partial charge < -0.3 is 10.5 Å². The summed E-state index contributed by atoms with van der Waals surface area (Å²) in [6.07, 6.45) is -4.46. The van der Waals surface area contributed by atoms with Crippen LogP contribution in [0.15, 0.2) is 48.5 Å². The Morgan fingerprint density at radius 1 is 0.950 bits per heavy atom. The van der Waals surface area contributed by atoms with Crippen LogP contribution in [-0.4, -0.2) is 0 Å². The first-order valence-corrected chi connectivity index (χ1v) is 6.08. The van der Waals surface area contributed by atoms with E-state index < -0.39 is 11.7 Å². The second-order valence-electron chi connectivity index (χ2n) is 4.42. The lowest BCUT2D eigenvalue weighted by atomic mass is 10.1. The van der Waals surface area contributed by atoms with Crippen LogP contribution in [0.2, 0.25) is 0 Å². The van der Waals surface area contributed by atoms with E-state index in [4.69, 9.17) is 10.5 Å². The van der Waals surface area contributed by atoms with E-state index in [1.807, 2.05) is 0 Å². The Kier molecular flexibility index (Phi) is 3.99. The molecule has 106 valence electrons. The van der Waals surface area contributed by atoms with Crippen LogP contribution in [-0.2, 0) is 6.18 Å². The summed E-state index contributed by atoms with van der Waals surface area (Å²) in [4.78, 5) is 0. The van der Waals surface area contributed by atoms with E-state index in [1.54, 1.807) is 31.2 Å². The fraction of sp³-hybridized carbons (Fsp3) is 0.200. The third-order valence-corrected chi connectivity index (χ3v) is 2.82. The molecule has 0 aliphatic rings. The van der Waals surface area contributed by atoms with Crippen molar-refractivity contribution in [2.24, 2.45) is 5.73 Å². The number of hydrogen-bond acceptors (Lipinski definition) is 2. The monoisotopic (exact) mass is 281 g/mol. The number of rotatable bonds is 3. The molecule has 0 unspecified atom stereocenters. The van der Waals surface area contributed by atoms with Crippen LogP contribution >= 0.6 is 0 Å². The third-order valence-electron chi connectivity index (χ3n) is 2.82. The molecule has 2 N–H and O–H groups in total.